The number of allylic oxidation sites excluding steroid dienone is 1. The van der Waals surface area contributed by atoms with Crippen LogP contribution in [0.4, 0.5) is 0 Å². The Morgan fingerprint density at radius 1 is 1.18 bits per heavy atom. The number of rotatable bonds is 1. The maximum Gasteiger partial charge on any atom is 0.229 e. The van der Waals surface area contributed by atoms with Crippen LogP contribution >= 0.6 is 11.6 Å². The molecule has 1 atom stereocenters. The number of carbonyl (C=O) groups is 2. The molecule has 1 saturated heterocycles. The van der Waals surface area contributed by atoms with E-state index < -0.39 is 0 Å². The molecule has 4 heteroatoms. The van der Waals surface area contributed by atoms with Gasteiger partial charge in [-0.2, -0.15) is 0 Å². The van der Waals surface area contributed by atoms with Gasteiger partial charge < -0.3 is 4.90 Å². The third kappa shape index (κ3) is 2.54. The first-order valence-corrected chi connectivity index (χ1v) is 6.65. The Bertz CT molecular complexity index is 376. The van der Waals surface area contributed by atoms with E-state index in [4.69, 9.17) is 11.6 Å². The molecule has 0 unspecified atom stereocenters. The van der Waals surface area contributed by atoms with Gasteiger partial charge in [-0.15, -0.1) is 0 Å². The summed E-state index contributed by atoms with van der Waals surface area (Å²) in [5, 5.41) is 0.338. The average molecular weight is 256 g/mol. The predicted octanol–water partition coefficient (Wildman–Crippen LogP) is 2.49. The predicted molar refractivity (Wildman–Crippen MR) is 66.7 cm³/mol. The molecule has 2 aliphatic rings. The van der Waals surface area contributed by atoms with Crippen molar-refractivity contribution in [1.29, 1.82) is 0 Å². The van der Waals surface area contributed by atoms with Crippen molar-refractivity contribution in [2.45, 2.75) is 38.5 Å². The van der Waals surface area contributed by atoms with Gasteiger partial charge in [-0.05, 0) is 31.3 Å². The highest BCUT2D eigenvalue weighted by molar-refractivity contribution is 6.43. The number of likely N-dealkylation sites (tertiary alicyclic amines) is 1. The second-order valence-corrected chi connectivity index (χ2v) is 5.30. The number of halogens is 1. The third-order valence-corrected chi connectivity index (χ3v) is 4.16. The fraction of sp³-hybridized carbons (Fsp3) is 0.692. The lowest BCUT2D eigenvalue weighted by atomic mass is 9.85. The van der Waals surface area contributed by atoms with E-state index in [9.17, 15) is 9.59 Å². The number of nitrogens with zero attached hydrogens (tertiary/aromatic N) is 1. The number of amides is 1. The highest BCUT2D eigenvalue weighted by Crippen LogP contribution is 2.34. The quantitative estimate of drug-likeness (QED) is 0.722. The Labute approximate surface area is 107 Å². The van der Waals surface area contributed by atoms with Crippen LogP contribution in [-0.2, 0) is 9.59 Å². The Hall–Kier alpha value is -0.830. The van der Waals surface area contributed by atoms with E-state index in [1.165, 1.54) is 0 Å². The summed E-state index contributed by atoms with van der Waals surface area (Å²) in [7, 11) is 1.83. The summed E-state index contributed by atoms with van der Waals surface area (Å²) in [6.07, 6.45) is 5.06. The van der Waals surface area contributed by atoms with Crippen molar-refractivity contribution >= 4 is 23.3 Å². The van der Waals surface area contributed by atoms with E-state index in [0.29, 0.717) is 11.5 Å². The van der Waals surface area contributed by atoms with E-state index in [2.05, 4.69) is 0 Å². The Morgan fingerprint density at radius 3 is 2.71 bits per heavy atom. The first-order chi connectivity index (χ1) is 8.11. The van der Waals surface area contributed by atoms with Crippen molar-refractivity contribution in [1.82, 2.24) is 4.90 Å². The molecule has 0 spiro atoms. The smallest absolute Gasteiger partial charge is 0.229 e. The minimum Gasteiger partial charge on any atom is -0.345 e. The SMILES string of the molecule is CN1CCCC[C@H](C2=C(Cl)C(=O)CCC2)C1=O. The Kier molecular flexibility index (Phi) is 3.87. The molecule has 0 saturated carbocycles. The van der Waals surface area contributed by atoms with Crippen molar-refractivity contribution in [3.8, 4) is 0 Å². The van der Waals surface area contributed by atoms with E-state index >= 15 is 0 Å². The summed E-state index contributed by atoms with van der Waals surface area (Å²) in [6.45, 7) is 0.814. The van der Waals surface area contributed by atoms with Gasteiger partial charge in [0.05, 0.1) is 11.0 Å². The normalized spacial score (nSPS) is 27.4. The standard InChI is InChI=1S/C13H18ClNO2/c1-15-8-3-2-5-10(13(15)17)9-6-4-7-11(16)12(9)14/h10H,2-8H2,1H3/t10-/m1/s1. The molecule has 94 valence electrons. The first-order valence-electron chi connectivity index (χ1n) is 6.28. The largest absolute Gasteiger partial charge is 0.345 e. The van der Waals surface area contributed by atoms with Gasteiger partial charge in [0.2, 0.25) is 5.91 Å². The topological polar surface area (TPSA) is 37.4 Å². The van der Waals surface area contributed by atoms with Crippen molar-refractivity contribution in [3.63, 3.8) is 0 Å². The lowest BCUT2D eigenvalue weighted by molar-refractivity contribution is -0.132. The van der Waals surface area contributed by atoms with Crippen LogP contribution in [0, 0.1) is 5.92 Å². The highest BCUT2D eigenvalue weighted by atomic mass is 35.5. The number of hydrogen-bond acceptors (Lipinski definition) is 2. The molecule has 0 aromatic heterocycles. The van der Waals surface area contributed by atoms with Crippen molar-refractivity contribution in [2.24, 2.45) is 5.92 Å². The fourth-order valence-electron chi connectivity index (χ4n) is 2.69. The van der Waals surface area contributed by atoms with Gasteiger partial charge in [0.1, 0.15) is 0 Å². The molecule has 1 aliphatic carbocycles. The van der Waals surface area contributed by atoms with Gasteiger partial charge >= 0.3 is 0 Å². The summed E-state index contributed by atoms with van der Waals surface area (Å²) < 4.78 is 0. The number of carbonyl (C=O) groups excluding carboxylic acids is 2. The summed E-state index contributed by atoms with van der Waals surface area (Å²) in [6, 6.07) is 0. The molecule has 3 nitrogen and oxygen atoms in total. The molecule has 0 aromatic carbocycles. The molecule has 0 aromatic rings. The van der Waals surface area contributed by atoms with Crippen LogP contribution in [0.1, 0.15) is 38.5 Å². The number of Topliss-reactive ketones (excluding diaryl/α,β-unsaturated/α-hetero) is 1. The third-order valence-electron chi connectivity index (χ3n) is 3.71. The highest BCUT2D eigenvalue weighted by Gasteiger charge is 2.32. The molecule has 1 fully saturated rings. The van der Waals surface area contributed by atoms with Crippen LogP contribution in [0.2, 0.25) is 0 Å². The molecule has 0 bridgehead atoms. The van der Waals surface area contributed by atoms with Crippen molar-refractivity contribution in [2.75, 3.05) is 13.6 Å². The summed E-state index contributed by atoms with van der Waals surface area (Å²) in [5.74, 6) is -0.0165. The van der Waals surface area contributed by atoms with Crippen molar-refractivity contribution < 1.29 is 9.59 Å². The maximum atomic E-state index is 12.2. The van der Waals surface area contributed by atoms with Gasteiger partial charge in [0.25, 0.3) is 0 Å². The summed E-state index contributed by atoms with van der Waals surface area (Å²) in [5.41, 5.74) is 0.890. The van der Waals surface area contributed by atoms with Gasteiger partial charge in [0, 0.05) is 20.0 Å². The van der Waals surface area contributed by atoms with Crippen LogP contribution in [0.15, 0.2) is 10.6 Å². The van der Waals surface area contributed by atoms with Crippen LogP contribution in [0.3, 0.4) is 0 Å². The molecule has 17 heavy (non-hydrogen) atoms. The average Bonchev–Trinajstić information content (AvgIpc) is 2.47. The number of ketones is 1. The van der Waals surface area contributed by atoms with E-state index in [1.54, 1.807) is 4.90 Å². The fourth-order valence-corrected chi connectivity index (χ4v) is 3.01. The molecule has 1 amide bonds. The number of hydrogen-bond donors (Lipinski definition) is 0. The van der Waals surface area contributed by atoms with E-state index in [0.717, 1.165) is 44.2 Å². The van der Waals surface area contributed by atoms with Gasteiger partial charge in [0.15, 0.2) is 5.78 Å². The molecular weight excluding hydrogens is 238 g/mol. The molecule has 1 heterocycles. The molecular formula is C13H18ClNO2. The molecule has 2 rings (SSSR count). The zero-order valence-corrected chi connectivity index (χ0v) is 10.9. The summed E-state index contributed by atoms with van der Waals surface area (Å²) in [4.78, 5) is 25.6. The second-order valence-electron chi connectivity index (χ2n) is 4.92. The van der Waals surface area contributed by atoms with Crippen LogP contribution in [-0.4, -0.2) is 30.2 Å². The minimum atomic E-state index is -0.153. The first kappa shape index (κ1) is 12.6. The van der Waals surface area contributed by atoms with Crippen LogP contribution in [0.5, 0.6) is 0 Å². The molecule has 0 N–H and O–H groups in total. The summed E-state index contributed by atoms with van der Waals surface area (Å²) >= 11 is 6.09. The van der Waals surface area contributed by atoms with E-state index in [1.807, 2.05) is 7.05 Å². The second kappa shape index (κ2) is 5.21. The molecule has 0 radical (unpaired) electrons. The lowest BCUT2D eigenvalue weighted by Crippen LogP contribution is -2.33. The zero-order chi connectivity index (χ0) is 12.4. The van der Waals surface area contributed by atoms with Crippen LogP contribution < -0.4 is 0 Å². The van der Waals surface area contributed by atoms with Crippen molar-refractivity contribution in [3.05, 3.63) is 10.6 Å². The lowest BCUT2D eigenvalue weighted by Gasteiger charge is -2.25. The molecule has 1 aliphatic heterocycles. The maximum absolute atomic E-state index is 12.2. The Morgan fingerprint density at radius 2 is 1.94 bits per heavy atom. The van der Waals surface area contributed by atoms with Gasteiger partial charge in [-0.25, -0.2) is 0 Å². The Balaban J connectivity index is 2.28. The zero-order valence-electron chi connectivity index (χ0n) is 10.2. The van der Waals surface area contributed by atoms with Gasteiger partial charge in [-0.1, -0.05) is 18.0 Å². The monoisotopic (exact) mass is 255 g/mol. The minimum absolute atomic E-state index is 0.00705. The van der Waals surface area contributed by atoms with E-state index in [-0.39, 0.29) is 17.6 Å². The van der Waals surface area contributed by atoms with Crippen LogP contribution in [0.25, 0.3) is 0 Å². The van der Waals surface area contributed by atoms with Gasteiger partial charge in [-0.3, -0.25) is 9.59 Å².